The molecule has 3 nitrogen and oxygen atoms in total. The minimum atomic E-state index is -4.48. The molecule has 0 saturated carbocycles. The fourth-order valence-electron chi connectivity index (χ4n) is 1.61. The molecule has 0 aromatic carbocycles. The largest absolute Gasteiger partial charge is 0.405 e. The molecule has 1 rings (SSSR count). The molecule has 1 N–H and O–H groups in total. The first-order chi connectivity index (χ1) is 6.80. The van der Waals surface area contributed by atoms with E-state index in [1.807, 2.05) is 0 Å². The summed E-state index contributed by atoms with van der Waals surface area (Å²) in [7, 11) is 0. The number of β-amino-alcohol motifs (C(OH)–C–C–N with tert-alkyl or cyclic N) is 1. The molecular formula is C9H13F3N2O. The Morgan fingerprint density at radius 1 is 1.53 bits per heavy atom. The number of aliphatic hydroxyl groups is 1. The van der Waals surface area contributed by atoms with Gasteiger partial charge in [0.25, 0.3) is 0 Å². The lowest BCUT2D eigenvalue weighted by atomic mass is 9.90. The summed E-state index contributed by atoms with van der Waals surface area (Å²) in [6.07, 6.45) is -3.96. The molecule has 0 radical (unpaired) electrons. The van der Waals surface area contributed by atoms with Gasteiger partial charge in [0.2, 0.25) is 0 Å². The van der Waals surface area contributed by atoms with Crippen LogP contribution in [0, 0.1) is 17.2 Å². The van der Waals surface area contributed by atoms with Gasteiger partial charge in [0.15, 0.2) is 5.92 Å². The number of nitrogens with zero attached hydrogens (tertiary/aromatic N) is 2. The van der Waals surface area contributed by atoms with Crippen LogP contribution in [0.15, 0.2) is 0 Å². The number of rotatable bonds is 3. The standard InChI is InChI=1S/C9H13F3N2O/c1-2-8(15)5-14(6-8)4-7(3-13)9(10,11)12/h7,15H,2,4-6H2,1H3. The molecule has 1 atom stereocenters. The molecule has 1 fully saturated rings. The summed E-state index contributed by atoms with van der Waals surface area (Å²) in [4.78, 5) is 1.45. The number of likely N-dealkylation sites (tertiary alicyclic amines) is 1. The Labute approximate surface area is 86.1 Å². The molecule has 86 valence electrons. The summed E-state index contributed by atoms with van der Waals surface area (Å²) in [5.74, 6) is -1.96. The van der Waals surface area contributed by atoms with Gasteiger partial charge in [-0.1, -0.05) is 6.92 Å². The highest BCUT2D eigenvalue weighted by Gasteiger charge is 2.46. The summed E-state index contributed by atoms with van der Waals surface area (Å²) in [6, 6.07) is 1.24. The van der Waals surface area contributed by atoms with Crippen LogP contribution in [0.4, 0.5) is 13.2 Å². The van der Waals surface area contributed by atoms with Crippen molar-refractivity contribution in [2.45, 2.75) is 25.1 Å². The quantitative estimate of drug-likeness (QED) is 0.779. The summed E-state index contributed by atoms with van der Waals surface area (Å²) in [5, 5.41) is 17.9. The second-order valence-electron chi connectivity index (χ2n) is 3.97. The highest BCUT2D eigenvalue weighted by molar-refractivity contribution is 4.99. The fourth-order valence-corrected chi connectivity index (χ4v) is 1.61. The Hall–Kier alpha value is -0.800. The number of halogens is 3. The topological polar surface area (TPSA) is 47.3 Å². The number of hydrogen-bond acceptors (Lipinski definition) is 3. The van der Waals surface area contributed by atoms with Crippen molar-refractivity contribution >= 4 is 0 Å². The van der Waals surface area contributed by atoms with E-state index < -0.39 is 17.7 Å². The van der Waals surface area contributed by atoms with Gasteiger partial charge in [-0.2, -0.15) is 18.4 Å². The van der Waals surface area contributed by atoms with E-state index in [1.54, 1.807) is 6.92 Å². The van der Waals surface area contributed by atoms with Gasteiger partial charge in [-0.3, -0.25) is 4.90 Å². The average molecular weight is 222 g/mol. The second-order valence-corrected chi connectivity index (χ2v) is 3.97. The van der Waals surface area contributed by atoms with Crippen LogP contribution in [0.1, 0.15) is 13.3 Å². The molecule has 1 unspecified atom stereocenters. The van der Waals surface area contributed by atoms with Crippen LogP contribution in [-0.2, 0) is 0 Å². The summed E-state index contributed by atoms with van der Waals surface area (Å²) in [6.45, 7) is 1.88. The zero-order valence-corrected chi connectivity index (χ0v) is 8.38. The van der Waals surface area contributed by atoms with Gasteiger partial charge < -0.3 is 5.11 Å². The van der Waals surface area contributed by atoms with Crippen LogP contribution in [0.3, 0.4) is 0 Å². The van der Waals surface area contributed by atoms with E-state index in [4.69, 9.17) is 5.26 Å². The molecule has 1 aliphatic rings. The Morgan fingerprint density at radius 3 is 2.40 bits per heavy atom. The molecule has 1 saturated heterocycles. The van der Waals surface area contributed by atoms with E-state index in [0.29, 0.717) is 6.42 Å². The molecule has 0 aliphatic carbocycles. The van der Waals surface area contributed by atoms with E-state index in [1.165, 1.54) is 11.0 Å². The molecule has 1 aliphatic heterocycles. The van der Waals surface area contributed by atoms with Gasteiger partial charge in [-0.25, -0.2) is 0 Å². The second kappa shape index (κ2) is 3.99. The molecule has 6 heteroatoms. The lowest BCUT2D eigenvalue weighted by Gasteiger charge is -2.46. The smallest absolute Gasteiger partial charge is 0.387 e. The average Bonchev–Trinajstić information content (AvgIpc) is 2.08. The predicted molar refractivity (Wildman–Crippen MR) is 46.8 cm³/mol. The van der Waals surface area contributed by atoms with Gasteiger partial charge in [0.1, 0.15) is 0 Å². The van der Waals surface area contributed by atoms with E-state index >= 15 is 0 Å². The van der Waals surface area contributed by atoms with Gasteiger partial charge in [0.05, 0.1) is 11.7 Å². The van der Waals surface area contributed by atoms with Crippen molar-refractivity contribution in [2.75, 3.05) is 19.6 Å². The van der Waals surface area contributed by atoms with E-state index in [2.05, 4.69) is 0 Å². The SMILES string of the molecule is CCC1(O)CN(CC(C#N)C(F)(F)F)C1. The van der Waals surface area contributed by atoms with E-state index in [-0.39, 0.29) is 19.6 Å². The van der Waals surface area contributed by atoms with Crippen LogP contribution in [0.25, 0.3) is 0 Å². The van der Waals surface area contributed by atoms with Crippen molar-refractivity contribution in [3.05, 3.63) is 0 Å². The maximum Gasteiger partial charge on any atom is 0.405 e. The first-order valence-electron chi connectivity index (χ1n) is 4.72. The van der Waals surface area contributed by atoms with Crippen LogP contribution in [0.2, 0.25) is 0 Å². The van der Waals surface area contributed by atoms with E-state index in [9.17, 15) is 18.3 Å². The Kier molecular flexibility index (Phi) is 3.26. The molecule has 0 spiro atoms. The molecule has 0 aromatic heterocycles. The maximum absolute atomic E-state index is 12.2. The van der Waals surface area contributed by atoms with Crippen molar-refractivity contribution in [3.63, 3.8) is 0 Å². The zero-order valence-electron chi connectivity index (χ0n) is 8.38. The number of nitriles is 1. The number of hydrogen-bond donors (Lipinski definition) is 1. The van der Waals surface area contributed by atoms with Gasteiger partial charge in [-0.05, 0) is 6.42 Å². The highest BCUT2D eigenvalue weighted by atomic mass is 19.4. The summed E-state index contributed by atoms with van der Waals surface area (Å²) < 4.78 is 36.6. The van der Waals surface area contributed by atoms with Crippen LogP contribution in [-0.4, -0.2) is 41.4 Å². The molecule has 0 amide bonds. The lowest BCUT2D eigenvalue weighted by Crippen LogP contribution is -2.62. The predicted octanol–water partition coefficient (Wildman–Crippen LogP) is 1.15. The molecule has 1 heterocycles. The molecule has 0 bridgehead atoms. The fraction of sp³-hybridized carbons (Fsp3) is 0.889. The highest BCUT2D eigenvalue weighted by Crippen LogP contribution is 2.30. The zero-order chi connectivity index (χ0) is 11.7. The third kappa shape index (κ3) is 2.83. The van der Waals surface area contributed by atoms with Crippen molar-refractivity contribution in [3.8, 4) is 6.07 Å². The maximum atomic E-state index is 12.2. The molecule has 0 aromatic rings. The Balaban J connectivity index is 2.42. The molecule has 15 heavy (non-hydrogen) atoms. The lowest BCUT2D eigenvalue weighted by molar-refractivity contribution is -0.177. The van der Waals surface area contributed by atoms with Crippen molar-refractivity contribution in [1.82, 2.24) is 4.90 Å². The van der Waals surface area contributed by atoms with Gasteiger partial charge in [-0.15, -0.1) is 0 Å². The van der Waals surface area contributed by atoms with Crippen molar-refractivity contribution in [1.29, 1.82) is 5.26 Å². The molecular weight excluding hydrogens is 209 g/mol. The van der Waals surface area contributed by atoms with Crippen molar-refractivity contribution < 1.29 is 18.3 Å². The Morgan fingerprint density at radius 2 is 2.07 bits per heavy atom. The third-order valence-corrected chi connectivity index (χ3v) is 2.69. The first-order valence-corrected chi connectivity index (χ1v) is 4.72. The summed E-state index contributed by atoms with van der Waals surface area (Å²) >= 11 is 0. The van der Waals surface area contributed by atoms with E-state index in [0.717, 1.165) is 0 Å². The van der Waals surface area contributed by atoms with Crippen LogP contribution in [0.5, 0.6) is 0 Å². The Bertz CT molecular complexity index is 266. The van der Waals surface area contributed by atoms with Crippen LogP contribution < -0.4 is 0 Å². The minimum Gasteiger partial charge on any atom is -0.387 e. The van der Waals surface area contributed by atoms with Crippen LogP contribution >= 0.6 is 0 Å². The van der Waals surface area contributed by atoms with Gasteiger partial charge in [0, 0.05) is 19.6 Å². The van der Waals surface area contributed by atoms with Gasteiger partial charge >= 0.3 is 6.18 Å². The summed E-state index contributed by atoms with van der Waals surface area (Å²) in [5.41, 5.74) is -0.856. The number of alkyl halides is 3. The monoisotopic (exact) mass is 222 g/mol. The van der Waals surface area contributed by atoms with Crippen molar-refractivity contribution in [2.24, 2.45) is 5.92 Å². The third-order valence-electron chi connectivity index (χ3n) is 2.69. The first kappa shape index (κ1) is 12.3. The minimum absolute atomic E-state index is 0.220. The normalized spacial score (nSPS) is 22.9.